The van der Waals surface area contributed by atoms with Crippen molar-refractivity contribution in [3.8, 4) is 11.5 Å². The second-order valence-corrected chi connectivity index (χ2v) is 14.1. The van der Waals surface area contributed by atoms with Crippen molar-refractivity contribution >= 4 is 53.0 Å². The van der Waals surface area contributed by atoms with Gasteiger partial charge in [-0.2, -0.15) is 22.0 Å². The molecule has 0 radical (unpaired) electrons. The van der Waals surface area contributed by atoms with Crippen molar-refractivity contribution in [1.29, 1.82) is 0 Å². The van der Waals surface area contributed by atoms with Gasteiger partial charge >= 0.3 is 24.0 Å². The lowest BCUT2D eigenvalue weighted by Gasteiger charge is -2.32. The maximum atomic E-state index is 13.6. The van der Waals surface area contributed by atoms with Gasteiger partial charge in [-0.1, -0.05) is 18.2 Å². The molecule has 1 N–H and O–H groups in total. The molecule has 0 bridgehead atoms. The van der Waals surface area contributed by atoms with Crippen molar-refractivity contribution in [2.75, 3.05) is 37.5 Å². The fraction of sp³-hybridized carbons (Fsp3) is 0.366. The minimum absolute atomic E-state index is 0.0192. The molecule has 0 aromatic heterocycles. The maximum Gasteiger partial charge on any atom is 0.453 e. The SMILES string of the molecule is CNc1cc(N2C(=O)C3CC4C(=O)N(C)C(=O)CC4C3C2=O)ccc1CCOC(=O)/C=C/c1ccc(OC(=O)c2ccc(OCCCC(F)(F)C(F)(F)F)cc2)cc1. The maximum absolute atomic E-state index is 13.6. The lowest BCUT2D eigenvalue weighted by molar-refractivity contribution is -0.284. The lowest BCUT2D eigenvalue weighted by atomic mass is 9.82. The van der Waals surface area contributed by atoms with E-state index in [-0.39, 0.29) is 54.9 Å². The number of likely N-dealkylation sites (tertiary alicyclic amines) is 1. The highest BCUT2D eigenvalue weighted by atomic mass is 19.4. The molecule has 4 unspecified atom stereocenters. The summed E-state index contributed by atoms with van der Waals surface area (Å²) < 4.78 is 78.8. The van der Waals surface area contributed by atoms with Gasteiger partial charge in [-0.25, -0.2) is 14.5 Å². The van der Waals surface area contributed by atoms with Gasteiger partial charge in [-0.15, -0.1) is 0 Å². The Morgan fingerprint density at radius 3 is 2.22 bits per heavy atom. The van der Waals surface area contributed by atoms with Crippen LogP contribution in [0.1, 0.15) is 47.2 Å². The summed E-state index contributed by atoms with van der Waals surface area (Å²) in [4.78, 5) is 79.3. The van der Waals surface area contributed by atoms with Crippen molar-refractivity contribution in [2.24, 2.45) is 23.7 Å². The Hall–Kier alpha value is -6.13. The predicted octanol–water partition coefficient (Wildman–Crippen LogP) is 6.23. The molecule has 3 fully saturated rings. The molecule has 3 aromatic rings. The molecule has 4 amide bonds. The van der Waals surface area contributed by atoms with E-state index >= 15 is 0 Å². The van der Waals surface area contributed by atoms with E-state index in [9.17, 15) is 50.7 Å². The number of nitrogens with one attached hydrogen (secondary N) is 1. The molecule has 4 atom stereocenters. The van der Waals surface area contributed by atoms with Gasteiger partial charge in [0.2, 0.25) is 23.6 Å². The number of benzene rings is 3. The Bertz CT molecular complexity index is 2120. The van der Waals surface area contributed by atoms with Crippen LogP contribution >= 0.6 is 0 Å². The fourth-order valence-corrected chi connectivity index (χ4v) is 7.45. The number of imide groups is 2. The first-order valence-electron chi connectivity index (χ1n) is 18.3. The van der Waals surface area contributed by atoms with E-state index in [0.717, 1.165) is 15.4 Å². The van der Waals surface area contributed by atoms with Crippen LogP contribution in [0.5, 0.6) is 11.5 Å². The number of halogens is 5. The number of fused-ring (bicyclic) bond motifs is 3. The van der Waals surface area contributed by atoms with E-state index in [0.29, 0.717) is 23.4 Å². The number of anilines is 2. The zero-order valence-electron chi connectivity index (χ0n) is 31.2. The summed E-state index contributed by atoms with van der Waals surface area (Å²) in [6, 6.07) is 16.6. The molecule has 2 aliphatic heterocycles. The third-order valence-corrected chi connectivity index (χ3v) is 10.5. The average Bonchev–Trinajstić information content (AvgIpc) is 3.69. The molecule has 3 aliphatic rings. The van der Waals surface area contributed by atoms with E-state index in [4.69, 9.17) is 14.2 Å². The lowest BCUT2D eigenvalue weighted by Crippen LogP contribution is -2.47. The highest BCUT2D eigenvalue weighted by molar-refractivity contribution is 6.23. The minimum atomic E-state index is -5.63. The summed E-state index contributed by atoms with van der Waals surface area (Å²) in [6.45, 7) is -0.361. The van der Waals surface area contributed by atoms with Crippen molar-refractivity contribution in [2.45, 2.75) is 44.2 Å². The summed E-state index contributed by atoms with van der Waals surface area (Å²) in [5.41, 5.74) is 2.46. The highest BCUT2D eigenvalue weighted by Crippen LogP contribution is 2.52. The number of ether oxygens (including phenoxy) is 3. The van der Waals surface area contributed by atoms with Crippen LogP contribution in [0.4, 0.5) is 33.3 Å². The van der Waals surface area contributed by atoms with Gasteiger partial charge < -0.3 is 19.5 Å². The molecule has 2 heterocycles. The molecular formula is C41H38F5N3O9. The normalized spacial score (nSPS) is 20.7. The number of alkyl halides is 5. The van der Waals surface area contributed by atoms with Crippen molar-refractivity contribution < 1.29 is 64.9 Å². The number of amides is 4. The topological polar surface area (TPSA) is 149 Å². The Morgan fingerprint density at radius 2 is 1.55 bits per heavy atom. The molecule has 3 aromatic carbocycles. The number of piperidine rings is 1. The number of rotatable bonds is 14. The number of carbonyl (C=O) groups excluding carboxylic acids is 6. The molecule has 12 nitrogen and oxygen atoms in total. The van der Waals surface area contributed by atoms with Crippen molar-refractivity contribution in [1.82, 2.24) is 4.90 Å². The van der Waals surface area contributed by atoms with Gasteiger partial charge in [0.05, 0.1) is 36.3 Å². The third-order valence-electron chi connectivity index (χ3n) is 10.5. The molecule has 1 aliphatic carbocycles. The van der Waals surface area contributed by atoms with E-state index in [1.54, 1.807) is 37.4 Å². The zero-order chi connectivity index (χ0) is 41.9. The monoisotopic (exact) mass is 811 g/mol. The Labute approximate surface area is 328 Å². The van der Waals surface area contributed by atoms with Gasteiger partial charge in [-0.3, -0.25) is 24.1 Å². The van der Waals surface area contributed by atoms with E-state index in [1.165, 1.54) is 55.6 Å². The van der Waals surface area contributed by atoms with E-state index in [2.05, 4.69) is 5.32 Å². The number of nitrogens with zero attached hydrogens (tertiary/aromatic N) is 2. The Morgan fingerprint density at radius 1 is 0.862 bits per heavy atom. The number of hydrogen-bond donors (Lipinski definition) is 1. The number of carbonyl (C=O) groups is 6. The van der Waals surface area contributed by atoms with Gasteiger partial charge in [0.25, 0.3) is 0 Å². The largest absolute Gasteiger partial charge is 0.494 e. The molecule has 58 heavy (non-hydrogen) atoms. The molecular weight excluding hydrogens is 773 g/mol. The zero-order valence-corrected chi connectivity index (χ0v) is 31.2. The van der Waals surface area contributed by atoms with Crippen molar-refractivity contribution in [3.63, 3.8) is 0 Å². The molecule has 2 saturated heterocycles. The van der Waals surface area contributed by atoms with Crippen LogP contribution in [0.15, 0.2) is 72.8 Å². The van der Waals surface area contributed by atoms with Crippen LogP contribution in [0.2, 0.25) is 0 Å². The van der Waals surface area contributed by atoms with Gasteiger partial charge in [0.15, 0.2) is 0 Å². The smallest absolute Gasteiger partial charge is 0.453 e. The molecule has 306 valence electrons. The Balaban J connectivity index is 0.946. The van der Waals surface area contributed by atoms with Gasteiger partial charge in [0.1, 0.15) is 11.5 Å². The molecule has 0 spiro atoms. The van der Waals surface area contributed by atoms with E-state index < -0.39 is 72.4 Å². The standard InChI is InChI=1S/C41H38F5N3O9/c1-47-32-20-26(49-37(53)31-21-30-29(35(31)38(49)54)22-33(50)48(2)36(30)52)10-7-24(32)16-19-57-34(51)15-6-23-4-11-28(12-5-23)58-39(55)25-8-13-27(14-9-25)56-18-3-17-40(42,43)41(44,45)46/h4-15,20,29-31,35,47H,3,16-19,21-22H2,1-2H3/b15-6+. The average molecular weight is 812 g/mol. The number of esters is 2. The van der Waals surface area contributed by atoms with Crippen molar-refractivity contribution in [3.05, 3.63) is 89.5 Å². The molecule has 1 saturated carbocycles. The van der Waals surface area contributed by atoms with Crippen LogP contribution in [0.3, 0.4) is 0 Å². The van der Waals surface area contributed by atoms with Crippen LogP contribution < -0.4 is 19.7 Å². The third kappa shape index (κ3) is 8.72. The predicted molar refractivity (Wildman–Crippen MR) is 197 cm³/mol. The summed E-state index contributed by atoms with van der Waals surface area (Å²) in [7, 11) is 3.10. The first-order valence-corrected chi connectivity index (χ1v) is 18.3. The van der Waals surface area contributed by atoms with Crippen LogP contribution in [0.25, 0.3) is 6.08 Å². The first kappa shape index (κ1) is 41.5. The summed E-state index contributed by atoms with van der Waals surface area (Å²) in [6.07, 6.45) is -4.26. The van der Waals surface area contributed by atoms with Crippen LogP contribution in [-0.4, -0.2) is 79.9 Å². The summed E-state index contributed by atoms with van der Waals surface area (Å²) in [5.74, 6) is -9.71. The highest BCUT2D eigenvalue weighted by Gasteiger charge is 2.62. The van der Waals surface area contributed by atoms with Gasteiger partial charge in [0, 0.05) is 51.0 Å². The first-order chi connectivity index (χ1) is 27.5. The van der Waals surface area contributed by atoms with Crippen LogP contribution in [-0.2, 0) is 35.1 Å². The van der Waals surface area contributed by atoms with E-state index in [1.807, 2.05) is 0 Å². The minimum Gasteiger partial charge on any atom is -0.494 e. The number of hydrogen-bond acceptors (Lipinski definition) is 10. The second kappa shape index (κ2) is 16.8. The molecule has 17 heteroatoms. The van der Waals surface area contributed by atoms with Gasteiger partial charge in [-0.05, 0) is 84.5 Å². The van der Waals surface area contributed by atoms with Crippen LogP contribution in [0, 0.1) is 23.7 Å². The molecule has 6 rings (SSSR count). The second-order valence-electron chi connectivity index (χ2n) is 14.1. The summed E-state index contributed by atoms with van der Waals surface area (Å²) in [5, 5.41) is 3.05. The fourth-order valence-electron chi connectivity index (χ4n) is 7.45. The Kier molecular flexibility index (Phi) is 12.0. The quantitative estimate of drug-likeness (QED) is 0.0496. The summed E-state index contributed by atoms with van der Waals surface area (Å²) >= 11 is 0.